The van der Waals surface area contributed by atoms with Gasteiger partial charge in [-0.2, -0.15) is 0 Å². The van der Waals surface area contributed by atoms with Gasteiger partial charge in [-0.1, -0.05) is 148 Å². The van der Waals surface area contributed by atoms with E-state index >= 15 is 0 Å². The standard InChI is InChI=1S/C18H15P.C12H11P.C5H6.CO.F6P.Ru/c1-4-10-16(11-5-1)19(17-12-6-2-7-13-17)18-14-8-3-9-15-18;1-3-7-11(8-4-1)13-12-9-5-2-6-10-12;1-2-4-5-3-1;1-2;1-7(2,3,4,5)6;/h1-15H;1-10,13H;1-4H,5H2;;;/q;;;;-1;+1/p+1. The van der Waals surface area contributed by atoms with Gasteiger partial charge in [0.2, 0.25) is 0 Å². The summed E-state index contributed by atoms with van der Waals surface area (Å²) in [6.07, 6.45) is 9.50. The zero-order valence-corrected chi connectivity index (χ0v) is 29.6. The Kier molecular flexibility index (Phi) is 18.0. The van der Waals surface area contributed by atoms with Crippen molar-refractivity contribution in [3.05, 3.63) is 183 Å². The van der Waals surface area contributed by atoms with Crippen molar-refractivity contribution >= 4 is 50.8 Å². The van der Waals surface area contributed by atoms with Gasteiger partial charge in [0.15, 0.2) is 0 Å². The van der Waals surface area contributed by atoms with E-state index in [0.29, 0.717) is 0 Å². The molecule has 0 unspecified atom stereocenters. The largest absolute Gasteiger partial charge is 1.00 e. The number of benzene rings is 5. The molecule has 6 rings (SSSR count). The van der Waals surface area contributed by atoms with Crippen LogP contribution in [0.3, 0.4) is 0 Å². The Hall–Kier alpha value is -3.19. The van der Waals surface area contributed by atoms with Crippen LogP contribution in [0.5, 0.6) is 0 Å². The maximum Gasteiger partial charge on any atom is 1.00 e. The van der Waals surface area contributed by atoms with Crippen molar-refractivity contribution in [2.45, 2.75) is 6.42 Å². The van der Waals surface area contributed by atoms with Crippen molar-refractivity contribution in [2.75, 3.05) is 0 Å². The molecule has 0 N–H and O–H groups in total. The summed E-state index contributed by atoms with van der Waals surface area (Å²) in [6, 6.07) is 53.6. The molecule has 5 aromatic carbocycles. The Morgan fingerprint density at radius 3 is 0.915 bits per heavy atom. The average Bonchev–Trinajstić information content (AvgIpc) is 3.65. The number of rotatable bonds is 5. The van der Waals surface area contributed by atoms with Crippen LogP contribution in [0.1, 0.15) is 6.42 Å². The van der Waals surface area contributed by atoms with Crippen LogP contribution in [0.15, 0.2) is 176 Å². The number of allylic oxidation sites excluding steroid dienone is 4. The predicted octanol–water partition coefficient (Wildman–Crippen LogP) is 10.3. The summed E-state index contributed by atoms with van der Waals surface area (Å²) >= 11 is 0. The second-order valence-corrected chi connectivity index (χ2v) is 15.2. The Labute approximate surface area is 288 Å². The first-order chi connectivity index (χ1) is 21.8. The third-order valence-corrected chi connectivity index (χ3v) is 9.66. The molecule has 0 heterocycles. The quantitative estimate of drug-likeness (QED) is 0.0556. The smallest absolute Gasteiger partial charge is 0.0622 e. The first-order valence-corrected chi connectivity index (χ1v) is 18.4. The minimum atomic E-state index is -10.7. The molecule has 0 amide bonds. The van der Waals surface area contributed by atoms with E-state index in [1.807, 2.05) is 0 Å². The zero-order chi connectivity index (χ0) is 33.8. The summed E-state index contributed by atoms with van der Waals surface area (Å²) in [5, 5.41) is 7.10. The molecular weight excluding hydrogens is 756 g/mol. The fourth-order valence-electron chi connectivity index (χ4n) is 3.92. The van der Waals surface area contributed by atoms with Gasteiger partial charge < -0.3 is 0 Å². The van der Waals surface area contributed by atoms with Gasteiger partial charge in [-0.05, 0) is 53.4 Å². The average molecular weight is 790 g/mol. The minimum absolute atomic E-state index is 0. The van der Waals surface area contributed by atoms with Crippen LogP contribution >= 0.6 is 24.3 Å². The molecule has 0 fully saturated rings. The molecule has 1 aliphatic rings. The van der Waals surface area contributed by atoms with Gasteiger partial charge in [0, 0.05) is 0 Å². The molecule has 0 aliphatic heterocycles. The molecule has 5 aromatic rings. The van der Waals surface area contributed by atoms with Gasteiger partial charge >= 0.3 is 63.8 Å². The fourth-order valence-corrected chi connectivity index (χ4v) is 7.55. The van der Waals surface area contributed by atoms with Crippen molar-refractivity contribution in [1.29, 1.82) is 0 Å². The van der Waals surface area contributed by atoms with E-state index in [2.05, 4.69) is 183 Å². The van der Waals surface area contributed by atoms with Crippen LogP contribution < -0.4 is 26.5 Å². The van der Waals surface area contributed by atoms with Crippen LogP contribution in [0, 0.1) is 6.65 Å². The normalized spacial score (nSPS) is 12.4. The molecule has 1 radical (unpaired) electrons. The second-order valence-electron chi connectivity index (χ2n) is 9.38. The van der Waals surface area contributed by atoms with E-state index in [9.17, 15) is 25.2 Å². The van der Waals surface area contributed by atoms with E-state index < -0.39 is 15.7 Å². The first-order valence-electron chi connectivity index (χ1n) is 13.8. The Morgan fingerprint density at radius 1 is 0.468 bits per heavy atom. The van der Waals surface area contributed by atoms with E-state index in [1.165, 1.54) is 26.5 Å². The third kappa shape index (κ3) is 21.3. The van der Waals surface area contributed by atoms with Crippen molar-refractivity contribution in [3.8, 4) is 0 Å². The maximum absolute atomic E-state index is 10.7. The maximum atomic E-state index is 9.87. The number of hydrogen-bond acceptors (Lipinski definition) is 0. The molecule has 0 saturated carbocycles. The first kappa shape index (κ1) is 41.8. The Bertz CT molecular complexity index is 1470. The second kappa shape index (κ2) is 20.2. The van der Waals surface area contributed by atoms with Crippen LogP contribution in [-0.4, -0.2) is 0 Å². The van der Waals surface area contributed by atoms with Crippen molar-refractivity contribution in [3.63, 3.8) is 0 Å². The third-order valence-electron chi connectivity index (χ3n) is 5.68. The van der Waals surface area contributed by atoms with Crippen LogP contribution in [-0.2, 0) is 24.1 Å². The SMILES string of the molecule is C1=CCC=C1.F[P-](F)(F)(F)(F)F.[C-]#[O+].[Ru+].c1ccc(Pc2ccccc2)cc1.c1ccc([PH+](c2ccccc2)c2ccccc2)cc1. The van der Waals surface area contributed by atoms with E-state index in [1.54, 1.807) is 0 Å². The summed E-state index contributed by atoms with van der Waals surface area (Å²) in [5.41, 5.74) is 0. The topological polar surface area (TPSA) is 19.9 Å². The Balaban J connectivity index is 0.000000341. The van der Waals surface area contributed by atoms with Gasteiger partial charge in [-0.3, -0.25) is 0 Å². The summed E-state index contributed by atoms with van der Waals surface area (Å²) in [4.78, 5) is 0. The van der Waals surface area contributed by atoms with Crippen molar-refractivity contribution < 1.29 is 49.3 Å². The minimum Gasteiger partial charge on any atom is -0.0622 e. The molecule has 0 saturated heterocycles. The molecule has 0 bridgehead atoms. The van der Waals surface area contributed by atoms with E-state index in [-0.39, 0.29) is 19.5 Å². The van der Waals surface area contributed by atoms with Gasteiger partial charge in [-0.25, -0.2) is 0 Å². The van der Waals surface area contributed by atoms with Crippen molar-refractivity contribution in [1.82, 2.24) is 0 Å². The van der Waals surface area contributed by atoms with Crippen LogP contribution in [0.25, 0.3) is 0 Å². The molecular formula is C36H33F6OP3Ru+. The molecule has 47 heavy (non-hydrogen) atoms. The summed E-state index contributed by atoms with van der Waals surface area (Å²) in [5.74, 6) is 0. The molecule has 247 valence electrons. The zero-order valence-electron chi connectivity index (χ0n) is 24.9. The van der Waals surface area contributed by atoms with E-state index in [0.717, 1.165) is 15.0 Å². The van der Waals surface area contributed by atoms with Crippen LogP contribution in [0.4, 0.5) is 25.2 Å². The predicted molar refractivity (Wildman–Crippen MR) is 187 cm³/mol. The van der Waals surface area contributed by atoms with Gasteiger partial charge in [0.1, 0.15) is 15.9 Å². The number of halogens is 6. The monoisotopic (exact) mass is 790 g/mol. The summed E-state index contributed by atoms with van der Waals surface area (Å²) < 4.78 is 66.7. The van der Waals surface area contributed by atoms with Crippen LogP contribution in [0.2, 0.25) is 0 Å². The molecule has 0 aromatic heterocycles. The molecule has 0 spiro atoms. The van der Waals surface area contributed by atoms with Gasteiger partial charge in [0.05, 0.1) is 7.92 Å². The Morgan fingerprint density at radius 2 is 0.702 bits per heavy atom. The molecule has 1 nitrogen and oxygen atoms in total. The molecule has 1 aliphatic carbocycles. The molecule has 0 atom stereocenters. The summed E-state index contributed by atoms with van der Waals surface area (Å²) in [6.45, 7) is 4.50. The van der Waals surface area contributed by atoms with Gasteiger partial charge in [-0.15, -0.1) is 0 Å². The van der Waals surface area contributed by atoms with Crippen molar-refractivity contribution in [2.24, 2.45) is 0 Å². The van der Waals surface area contributed by atoms with E-state index in [4.69, 9.17) is 4.65 Å². The molecule has 11 heteroatoms. The van der Waals surface area contributed by atoms with Gasteiger partial charge in [0.25, 0.3) is 0 Å². The number of hydrogen-bond donors (Lipinski definition) is 0. The summed E-state index contributed by atoms with van der Waals surface area (Å²) in [7, 11) is -10.8. The fraction of sp³-hybridized carbons (Fsp3) is 0.0278.